The Kier molecular flexibility index (Phi) is 6.27. The average Bonchev–Trinajstić information content (AvgIpc) is 2.83. The fraction of sp³-hybridized carbons (Fsp3) is 0.0800. The van der Waals surface area contributed by atoms with Crippen LogP contribution in [0, 0.1) is 0 Å². The molecular formula is C25H21N3O4. The van der Waals surface area contributed by atoms with Crippen LogP contribution in [0.3, 0.4) is 0 Å². The van der Waals surface area contributed by atoms with Gasteiger partial charge >= 0.3 is 5.97 Å². The maximum absolute atomic E-state index is 11.1. The molecule has 1 aromatic heterocycles. The van der Waals surface area contributed by atoms with E-state index in [0.29, 0.717) is 17.3 Å². The maximum Gasteiger partial charge on any atom is 0.335 e. The van der Waals surface area contributed by atoms with E-state index in [9.17, 15) is 4.79 Å². The lowest BCUT2D eigenvalue weighted by molar-refractivity contribution is 0.0696. The smallest absolute Gasteiger partial charge is 0.335 e. The zero-order valence-electron chi connectivity index (χ0n) is 17.4. The van der Waals surface area contributed by atoms with Crippen LogP contribution in [0.5, 0.6) is 11.5 Å². The minimum absolute atomic E-state index is 0.220. The largest absolute Gasteiger partial charge is 0.493 e. The number of methoxy groups -OCH3 is 1. The second-order valence-electron chi connectivity index (χ2n) is 6.96. The van der Waals surface area contributed by atoms with E-state index >= 15 is 0 Å². The molecule has 0 radical (unpaired) electrons. The summed E-state index contributed by atoms with van der Waals surface area (Å²) in [5.74, 6) is 0.776. The fourth-order valence-corrected chi connectivity index (χ4v) is 3.14. The van der Waals surface area contributed by atoms with Crippen LogP contribution in [0.25, 0.3) is 10.9 Å². The van der Waals surface area contributed by atoms with Crippen molar-refractivity contribution in [1.82, 2.24) is 4.98 Å². The third kappa shape index (κ3) is 5.02. The zero-order chi connectivity index (χ0) is 22.3. The van der Waals surface area contributed by atoms with Gasteiger partial charge < -0.3 is 14.6 Å². The SMILES string of the molecule is COc1cc(/C=N\Nc2ccc3ccccc3n2)ccc1OCc1cccc(C(=O)O)c1. The lowest BCUT2D eigenvalue weighted by atomic mass is 10.1. The molecule has 0 aliphatic carbocycles. The van der Waals surface area contributed by atoms with Gasteiger partial charge in [0.1, 0.15) is 12.4 Å². The monoisotopic (exact) mass is 427 g/mol. The Morgan fingerprint density at radius 2 is 1.91 bits per heavy atom. The summed E-state index contributed by atoms with van der Waals surface area (Å²) in [6.07, 6.45) is 1.67. The summed E-state index contributed by atoms with van der Waals surface area (Å²) in [4.78, 5) is 15.6. The Morgan fingerprint density at radius 3 is 2.75 bits per heavy atom. The van der Waals surface area contributed by atoms with Crippen molar-refractivity contribution in [1.29, 1.82) is 0 Å². The van der Waals surface area contributed by atoms with E-state index in [2.05, 4.69) is 15.5 Å². The quantitative estimate of drug-likeness (QED) is 0.305. The second kappa shape index (κ2) is 9.61. The van der Waals surface area contributed by atoms with E-state index in [4.69, 9.17) is 14.6 Å². The Balaban J connectivity index is 1.42. The molecule has 0 saturated heterocycles. The molecule has 7 nitrogen and oxygen atoms in total. The van der Waals surface area contributed by atoms with E-state index in [1.807, 2.05) is 54.6 Å². The summed E-state index contributed by atoms with van der Waals surface area (Å²) in [5.41, 5.74) is 5.62. The van der Waals surface area contributed by atoms with Crippen LogP contribution in [0.2, 0.25) is 0 Å². The fourth-order valence-electron chi connectivity index (χ4n) is 3.14. The Morgan fingerprint density at radius 1 is 1.03 bits per heavy atom. The molecule has 3 aromatic carbocycles. The molecule has 0 atom stereocenters. The minimum atomic E-state index is -0.972. The highest BCUT2D eigenvalue weighted by Gasteiger charge is 2.08. The van der Waals surface area contributed by atoms with Gasteiger partial charge in [-0.1, -0.05) is 30.3 Å². The van der Waals surface area contributed by atoms with Crippen LogP contribution in [-0.2, 0) is 6.61 Å². The minimum Gasteiger partial charge on any atom is -0.493 e. The number of fused-ring (bicyclic) bond motifs is 1. The molecular weight excluding hydrogens is 406 g/mol. The molecule has 32 heavy (non-hydrogen) atoms. The van der Waals surface area contributed by atoms with Gasteiger partial charge in [-0.15, -0.1) is 0 Å². The number of pyridine rings is 1. The van der Waals surface area contributed by atoms with Crippen LogP contribution < -0.4 is 14.9 Å². The predicted octanol–water partition coefficient (Wildman–Crippen LogP) is 4.97. The molecule has 4 aromatic rings. The van der Waals surface area contributed by atoms with Crippen molar-refractivity contribution < 1.29 is 19.4 Å². The molecule has 160 valence electrons. The van der Waals surface area contributed by atoms with Crippen molar-refractivity contribution >= 4 is 28.9 Å². The van der Waals surface area contributed by atoms with Gasteiger partial charge in [0, 0.05) is 5.39 Å². The number of hydrogen-bond donors (Lipinski definition) is 2. The van der Waals surface area contributed by atoms with E-state index in [1.54, 1.807) is 37.6 Å². The van der Waals surface area contributed by atoms with Crippen LogP contribution in [0.4, 0.5) is 5.82 Å². The normalized spacial score (nSPS) is 10.9. The maximum atomic E-state index is 11.1. The number of para-hydroxylation sites is 1. The number of anilines is 1. The lowest BCUT2D eigenvalue weighted by Crippen LogP contribution is -2.01. The molecule has 0 aliphatic heterocycles. The first-order chi connectivity index (χ1) is 15.6. The Hall–Kier alpha value is -4.39. The molecule has 0 spiro atoms. The number of carboxylic acid groups (broad SMARTS) is 1. The molecule has 0 amide bonds. The molecule has 1 heterocycles. The number of nitrogens with zero attached hydrogens (tertiary/aromatic N) is 2. The van der Waals surface area contributed by atoms with Gasteiger partial charge in [0.15, 0.2) is 11.5 Å². The highest BCUT2D eigenvalue weighted by Crippen LogP contribution is 2.28. The molecule has 0 aliphatic rings. The molecule has 0 saturated carbocycles. The number of hydrazone groups is 1. The number of benzene rings is 3. The summed E-state index contributed by atoms with van der Waals surface area (Å²) < 4.78 is 11.3. The molecule has 2 N–H and O–H groups in total. The standard InChI is InChI=1S/C25H21N3O4/c1-31-23-14-17(15-26-28-24-12-10-19-6-2-3-8-21(19)27-24)9-11-22(23)32-16-18-5-4-7-20(13-18)25(29)30/h2-15H,16H2,1H3,(H,27,28)(H,29,30)/b26-15-. The summed E-state index contributed by atoms with van der Waals surface area (Å²) in [6, 6.07) is 23.8. The predicted molar refractivity (Wildman–Crippen MR) is 124 cm³/mol. The van der Waals surface area contributed by atoms with E-state index < -0.39 is 5.97 Å². The van der Waals surface area contributed by atoms with E-state index in [0.717, 1.165) is 22.0 Å². The van der Waals surface area contributed by atoms with Crippen molar-refractivity contribution in [3.8, 4) is 11.5 Å². The van der Waals surface area contributed by atoms with Crippen molar-refractivity contribution in [2.45, 2.75) is 6.61 Å². The van der Waals surface area contributed by atoms with Crippen molar-refractivity contribution in [2.24, 2.45) is 5.10 Å². The van der Waals surface area contributed by atoms with Crippen LogP contribution in [0.1, 0.15) is 21.5 Å². The number of aromatic carboxylic acids is 1. The highest BCUT2D eigenvalue weighted by atomic mass is 16.5. The highest BCUT2D eigenvalue weighted by molar-refractivity contribution is 5.87. The first kappa shape index (κ1) is 20.9. The number of carboxylic acids is 1. The number of aromatic nitrogens is 1. The number of carbonyl (C=O) groups is 1. The number of nitrogens with one attached hydrogen (secondary N) is 1. The van der Waals surface area contributed by atoms with Crippen molar-refractivity contribution in [3.63, 3.8) is 0 Å². The summed E-state index contributed by atoms with van der Waals surface area (Å²) in [5, 5.41) is 14.4. The molecule has 0 unspecified atom stereocenters. The van der Waals surface area contributed by atoms with E-state index in [1.165, 1.54) is 0 Å². The third-order valence-electron chi connectivity index (χ3n) is 4.75. The average molecular weight is 427 g/mol. The molecule has 4 rings (SSSR count). The molecule has 0 fully saturated rings. The summed E-state index contributed by atoms with van der Waals surface area (Å²) in [6.45, 7) is 0.222. The van der Waals surface area contributed by atoms with Gasteiger partial charge in [-0.3, -0.25) is 5.43 Å². The van der Waals surface area contributed by atoms with Crippen LogP contribution in [0.15, 0.2) is 84.0 Å². The number of rotatable bonds is 8. The Labute approximate surface area is 185 Å². The van der Waals surface area contributed by atoms with Crippen molar-refractivity contribution in [2.75, 3.05) is 12.5 Å². The van der Waals surface area contributed by atoms with Gasteiger partial charge in [0.05, 0.1) is 24.4 Å². The summed E-state index contributed by atoms with van der Waals surface area (Å²) >= 11 is 0. The molecule has 7 heteroatoms. The summed E-state index contributed by atoms with van der Waals surface area (Å²) in [7, 11) is 1.56. The van der Waals surface area contributed by atoms with E-state index in [-0.39, 0.29) is 12.2 Å². The van der Waals surface area contributed by atoms with Crippen LogP contribution in [-0.4, -0.2) is 29.4 Å². The van der Waals surface area contributed by atoms with Gasteiger partial charge in [-0.25, -0.2) is 9.78 Å². The first-order valence-electron chi connectivity index (χ1n) is 9.90. The topological polar surface area (TPSA) is 93.0 Å². The number of ether oxygens (including phenoxy) is 2. The van der Waals surface area contributed by atoms with Gasteiger partial charge in [-0.05, 0) is 59.7 Å². The lowest BCUT2D eigenvalue weighted by Gasteiger charge is -2.11. The van der Waals surface area contributed by atoms with Crippen molar-refractivity contribution in [3.05, 3.63) is 95.6 Å². The molecule has 0 bridgehead atoms. The van der Waals surface area contributed by atoms with Gasteiger partial charge in [0.2, 0.25) is 0 Å². The Bertz CT molecular complexity index is 1290. The van der Waals surface area contributed by atoms with Crippen LogP contribution >= 0.6 is 0 Å². The van der Waals surface area contributed by atoms with Gasteiger partial charge in [0.25, 0.3) is 0 Å². The third-order valence-corrected chi connectivity index (χ3v) is 4.75. The first-order valence-corrected chi connectivity index (χ1v) is 9.90. The second-order valence-corrected chi connectivity index (χ2v) is 6.96. The van der Waals surface area contributed by atoms with Gasteiger partial charge in [-0.2, -0.15) is 5.10 Å². The zero-order valence-corrected chi connectivity index (χ0v) is 17.4. The number of hydrogen-bond acceptors (Lipinski definition) is 6.